The van der Waals surface area contributed by atoms with Gasteiger partial charge in [-0.05, 0) is 11.1 Å². The minimum Gasteiger partial charge on any atom is -0.468 e. The Bertz CT molecular complexity index is 894. The van der Waals surface area contributed by atoms with E-state index in [1.165, 1.54) is 18.9 Å². The lowest BCUT2D eigenvalue weighted by atomic mass is 10.1. The van der Waals surface area contributed by atoms with E-state index in [4.69, 9.17) is 4.74 Å². The topological polar surface area (TPSA) is 57.0 Å². The number of esters is 1. The maximum absolute atomic E-state index is 12.4. The van der Waals surface area contributed by atoms with Gasteiger partial charge in [0.25, 0.3) is 0 Å². The predicted octanol–water partition coefficient (Wildman–Crippen LogP) is 4.06. The smallest absolute Gasteiger partial charge is 0.323 e. The van der Waals surface area contributed by atoms with Crippen molar-refractivity contribution in [3.05, 3.63) is 90.3 Å². The Morgan fingerprint density at radius 3 is 2.44 bits per heavy atom. The van der Waals surface area contributed by atoms with Crippen molar-refractivity contribution in [3.8, 4) is 0 Å². The number of nitrogens with zero attached hydrogens (tertiary/aromatic N) is 3. The van der Waals surface area contributed by atoms with Crippen molar-refractivity contribution >= 4 is 17.7 Å². The number of allylic oxidation sites excluding steroid dienone is 1. The van der Waals surface area contributed by atoms with Crippen LogP contribution in [0.5, 0.6) is 0 Å². The Morgan fingerprint density at radius 1 is 1.15 bits per heavy atom. The molecule has 0 aliphatic heterocycles. The summed E-state index contributed by atoms with van der Waals surface area (Å²) in [5.74, 6) is 0.518. The zero-order valence-corrected chi connectivity index (χ0v) is 15.9. The lowest BCUT2D eigenvalue weighted by Crippen LogP contribution is -2.13. The normalized spacial score (nSPS) is 11.7. The SMILES string of the molecule is C=CCn1c(Cc2ccccc2)nnc1SC(C(=O)OC)c1ccccc1. The number of thioether (sulfide) groups is 1. The third kappa shape index (κ3) is 4.65. The van der Waals surface area contributed by atoms with E-state index in [2.05, 4.69) is 28.9 Å². The van der Waals surface area contributed by atoms with Crippen molar-refractivity contribution in [2.24, 2.45) is 0 Å². The highest BCUT2D eigenvalue weighted by molar-refractivity contribution is 8.00. The number of hydrogen-bond acceptors (Lipinski definition) is 5. The number of carbonyl (C=O) groups is 1. The molecule has 1 unspecified atom stereocenters. The Hall–Kier alpha value is -2.86. The van der Waals surface area contributed by atoms with Crippen LogP contribution >= 0.6 is 11.8 Å². The maximum atomic E-state index is 12.4. The highest BCUT2D eigenvalue weighted by atomic mass is 32.2. The summed E-state index contributed by atoms with van der Waals surface area (Å²) in [6.45, 7) is 4.41. The van der Waals surface area contributed by atoms with Gasteiger partial charge in [-0.15, -0.1) is 16.8 Å². The summed E-state index contributed by atoms with van der Waals surface area (Å²) in [6, 6.07) is 19.6. The van der Waals surface area contributed by atoms with Crippen LogP contribution in [-0.2, 0) is 22.5 Å². The molecule has 5 nitrogen and oxygen atoms in total. The van der Waals surface area contributed by atoms with Crippen LogP contribution in [0, 0.1) is 0 Å². The van der Waals surface area contributed by atoms with Gasteiger partial charge in [0.1, 0.15) is 11.1 Å². The summed E-state index contributed by atoms with van der Waals surface area (Å²) in [5, 5.41) is 8.85. The Morgan fingerprint density at radius 2 is 1.81 bits per heavy atom. The molecule has 0 saturated heterocycles. The van der Waals surface area contributed by atoms with Crippen LogP contribution < -0.4 is 0 Å². The van der Waals surface area contributed by atoms with Crippen molar-refractivity contribution < 1.29 is 9.53 Å². The quantitative estimate of drug-likeness (QED) is 0.336. The van der Waals surface area contributed by atoms with Crippen LogP contribution in [0.1, 0.15) is 22.2 Å². The molecular formula is C21H21N3O2S. The molecule has 0 N–H and O–H groups in total. The number of methoxy groups -OCH3 is 1. The van der Waals surface area contributed by atoms with Crippen molar-refractivity contribution in [1.82, 2.24) is 14.8 Å². The fourth-order valence-electron chi connectivity index (χ4n) is 2.72. The first-order chi connectivity index (χ1) is 13.2. The molecule has 3 aromatic rings. The first-order valence-electron chi connectivity index (χ1n) is 8.59. The van der Waals surface area contributed by atoms with Crippen LogP contribution in [0.2, 0.25) is 0 Å². The van der Waals surface area contributed by atoms with E-state index in [0.717, 1.165) is 17.0 Å². The molecule has 0 radical (unpaired) electrons. The monoisotopic (exact) mass is 379 g/mol. The number of carbonyl (C=O) groups excluding carboxylic acids is 1. The Balaban J connectivity index is 1.90. The number of ether oxygens (including phenoxy) is 1. The second-order valence-electron chi connectivity index (χ2n) is 5.89. The lowest BCUT2D eigenvalue weighted by molar-refractivity contribution is -0.140. The van der Waals surface area contributed by atoms with Gasteiger partial charge >= 0.3 is 5.97 Å². The second kappa shape index (κ2) is 9.19. The van der Waals surface area contributed by atoms with Crippen molar-refractivity contribution in [2.45, 2.75) is 23.4 Å². The van der Waals surface area contributed by atoms with E-state index in [0.29, 0.717) is 18.1 Å². The van der Waals surface area contributed by atoms with Gasteiger partial charge in [0.05, 0.1) is 7.11 Å². The van der Waals surface area contributed by atoms with Crippen LogP contribution in [0.25, 0.3) is 0 Å². The maximum Gasteiger partial charge on any atom is 0.323 e. The molecule has 0 fully saturated rings. The van der Waals surface area contributed by atoms with Crippen LogP contribution in [0.3, 0.4) is 0 Å². The zero-order chi connectivity index (χ0) is 19.1. The summed E-state index contributed by atoms with van der Waals surface area (Å²) in [4.78, 5) is 12.4. The lowest BCUT2D eigenvalue weighted by Gasteiger charge is -2.15. The van der Waals surface area contributed by atoms with E-state index >= 15 is 0 Å². The molecule has 138 valence electrons. The third-order valence-electron chi connectivity index (χ3n) is 4.05. The van der Waals surface area contributed by atoms with Gasteiger partial charge in [0.15, 0.2) is 5.16 Å². The fraction of sp³-hybridized carbons (Fsp3) is 0.190. The van der Waals surface area contributed by atoms with Crippen LogP contribution in [-0.4, -0.2) is 27.8 Å². The van der Waals surface area contributed by atoms with Gasteiger partial charge in [-0.25, -0.2) is 0 Å². The first kappa shape index (κ1) is 18.9. The molecule has 6 heteroatoms. The number of benzene rings is 2. The van der Waals surface area contributed by atoms with Crippen molar-refractivity contribution in [1.29, 1.82) is 0 Å². The number of aromatic nitrogens is 3. The highest BCUT2D eigenvalue weighted by Gasteiger charge is 2.26. The summed E-state index contributed by atoms with van der Waals surface area (Å²) >= 11 is 1.34. The summed E-state index contributed by atoms with van der Waals surface area (Å²) in [7, 11) is 1.40. The average molecular weight is 379 g/mol. The number of hydrogen-bond donors (Lipinski definition) is 0. The Labute approximate surface area is 163 Å². The molecule has 1 atom stereocenters. The molecule has 0 saturated carbocycles. The highest BCUT2D eigenvalue weighted by Crippen LogP contribution is 2.35. The largest absolute Gasteiger partial charge is 0.468 e. The first-order valence-corrected chi connectivity index (χ1v) is 9.47. The fourth-order valence-corrected chi connectivity index (χ4v) is 3.81. The molecular weight excluding hydrogens is 358 g/mol. The van der Waals surface area contributed by atoms with Crippen LogP contribution in [0.15, 0.2) is 78.5 Å². The average Bonchev–Trinajstić information content (AvgIpc) is 3.08. The van der Waals surface area contributed by atoms with Gasteiger partial charge in [-0.3, -0.25) is 4.79 Å². The molecule has 27 heavy (non-hydrogen) atoms. The van der Waals surface area contributed by atoms with Gasteiger partial charge in [0, 0.05) is 13.0 Å². The molecule has 0 bridgehead atoms. The summed E-state index contributed by atoms with van der Waals surface area (Å²) in [6.07, 6.45) is 2.47. The molecule has 1 heterocycles. The molecule has 3 rings (SSSR count). The van der Waals surface area contributed by atoms with Gasteiger partial charge in [-0.1, -0.05) is 78.5 Å². The summed E-state index contributed by atoms with van der Waals surface area (Å²) < 4.78 is 6.99. The second-order valence-corrected chi connectivity index (χ2v) is 6.96. The molecule has 0 aliphatic carbocycles. The van der Waals surface area contributed by atoms with Crippen molar-refractivity contribution in [2.75, 3.05) is 7.11 Å². The van der Waals surface area contributed by atoms with E-state index < -0.39 is 5.25 Å². The summed E-state index contributed by atoms with van der Waals surface area (Å²) in [5.41, 5.74) is 2.02. The number of rotatable bonds is 8. The predicted molar refractivity (Wildman–Crippen MR) is 107 cm³/mol. The molecule has 0 spiro atoms. The van der Waals surface area contributed by atoms with E-state index in [1.807, 2.05) is 53.1 Å². The van der Waals surface area contributed by atoms with E-state index in [9.17, 15) is 4.79 Å². The van der Waals surface area contributed by atoms with Gasteiger partial charge < -0.3 is 9.30 Å². The van der Waals surface area contributed by atoms with Crippen molar-refractivity contribution in [3.63, 3.8) is 0 Å². The van der Waals surface area contributed by atoms with Gasteiger partial charge in [0.2, 0.25) is 0 Å². The van der Waals surface area contributed by atoms with Gasteiger partial charge in [-0.2, -0.15) is 0 Å². The Kier molecular flexibility index (Phi) is 6.44. The molecule has 2 aromatic carbocycles. The minimum absolute atomic E-state index is 0.316. The molecule has 0 amide bonds. The molecule has 0 aliphatic rings. The van der Waals surface area contributed by atoms with Crippen LogP contribution in [0.4, 0.5) is 0 Å². The standard InChI is InChI=1S/C21H21N3O2S/c1-3-14-24-18(15-16-10-6-4-7-11-16)22-23-21(24)27-19(20(25)26-2)17-12-8-5-9-13-17/h3-13,19H,1,14-15H2,2H3. The van der Waals surface area contributed by atoms with E-state index in [-0.39, 0.29) is 5.97 Å². The zero-order valence-electron chi connectivity index (χ0n) is 15.1. The molecule has 1 aromatic heterocycles. The van der Waals surface area contributed by atoms with E-state index in [1.54, 1.807) is 6.08 Å². The third-order valence-corrected chi connectivity index (χ3v) is 5.26. The minimum atomic E-state index is -0.506.